The molecule has 6 heteroatoms. The van der Waals surface area contributed by atoms with Gasteiger partial charge < -0.3 is 15.6 Å². The van der Waals surface area contributed by atoms with E-state index in [4.69, 9.17) is 10.5 Å². The summed E-state index contributed by atoms with van der Waals surface area (Å²) in [5.74, 6) is -0.957. The number of amides is 1. The standard InChI is InChI=1S/C11H16N2O4/c1-7-6-8(14)13(4-3-5-17-2)11(16)9(7)10(12)15/h6,14H,3-5H2,1-2H3,(H2,12,15). The van der Waals surface area contributed by atoms with Gasteiger partial charge >= 0.3 is 0 Å². The second-order valence-electron chi connectivity index (χ2n) is 3.73. The van der Waals surface area contributed by atoms with Crippen molar-refractivity contribution in [1.29, 1.82) is 0 Å². The Hall–Kier alpha value is -1.82. The maximum absolute atomic E-state index is 11.9. The van der Waals surface area contributed by atoms with Crippen molar-refractivity contribution in [2.45, 2.75) is 19.9 Å². The molecule has 1 rings (SSSR count). The molecular formula is C11H16N2O4. The van der Waals surface area contributed by atoms with Crippen LogP contribution in [-0.2, 0) is 11.3 Å². The van der Waals surface area contributed by atoms with E-state index in [-0.39, 0.29) is 18.0 Å². The van der Waals surface area contributed by atoms with Crippen LogP contribution in [0.5, 0.6) is 5.88 Å². The summed E-state index contributed by atoms with van der Waals surface area (Å²) < 4.78 is 5.97. The van der Waals surface area contributed by atoms with Gasteiger partial charge in [-0.2, -0.15) is 0 Å². The Kier molecular flexibility index (Phi) is 4.28. The smallest absolute Gasteiger partial charge is 0.266 e. The summed E-state index contributed by atoms with van der Waals surface area (Å²) in [6.45, 7) is 2.30. The highest BCUT2D eigenvalue weighted by molar-refractivity contribution is 5.93. The summed E-state index contributed by atoms with van der Waals surface area (Å²) in [5.41, 5.74) is 4.86. The van der Waals surface area contributed by atoms with Crippen molar-refractivity contribution >= 4 is 5.91 Å². The van der Waals surface area contributed by atoms with Crippen molar-refractivity contribution in [2.24, 2.45) is 5.73 Å². The van der Waals surface area contributed by atoms with Gasteiger partial charge in [-0.3, -0.25) is 14.2 Å². The average molecular weight is 240 g/mol. The van der Waals surface area contributed by atoms with Gasteiger partial charge in [0, 0.05) is 26.3 Å². The first-order chi connectivity index (χ1) is 7.99. The van der Waals surface area contributed by atoms with Gasteiger partial charge in [0.05, 0.1) is 0 Å². The second kappa shape index (κ2) is 5.49. The number of rotatable bonds is 5. The molecule has 0 aliphatic heterocycles. The molecule has 0 aromatic carbocycles. The molecule has 17 heavy (non-hydrogen) atoms. The van der Waals surface area contributed by atoms with Gasteiger partial charge in [-0.25, -0.2) is 0 Å². The molecule has 3 N–H and O–H groups in total. The molecule has 0 spiro atoms. The first-order valence-corrected chi connectivity index (χ1v) is 5.21. The van der Waals surface area contributed by atoms with Gasteiger partial charge in [-0.05, 0) is 18.9 Å². The molecule has 6 nitrogen and oxygen atoms in total. The number of aromatic nitrogens is 1. The number of pyridine rings is 1. The van der Waals surface area contributed by atoms with Crippen LogP contribution in [0.3, 0.4) is 0 Å². The number of hydrogen-bond acceptors (Lipinski definition) is 4. The largest absolute Gasteiger partial charge is 0.494 e. The summed E-state index contributed by atoms with van der Waals surface area (Å²) in [6.07, 6.45) is 0.561. The minimum absolute atomic E-state index is 0.0831. The van der Waals surface area contributed by atoms with Crippen LogP contribution in [0.2, 0.25) is 0 Å². The van der Waals surface area contributed by atoms with E-state index in [0.717, 1.165) is 4.57 Å². The average Bonchev–Trinajstić information content (AvgIpc) is 2.21. The topological polar surface area (TPSA) is 94.5 Å². The number of aryl methyl sites for hydroxylation is 1. The number of aromatic hydroxyl groups is 1. The Balaban J connectivity index is 3.17. The van der Waals surface area contributed by atoms with E-state index < -0.39 is 11.5 Å². The van der Waals surface area contributed by atoms with E-state index in [0.29, 0.717) is 18.6 Å². The summed E-state index contributed by atoms with van der Waals surface area (Å²) in [4.78, 5) is 23.0. The number of methoxy groups -OCH3 is 1. The van der Waals surface area contributed by atoms with Gasteiger partial charge in [0.15, 0.2) is 5.88 Å². The summed E-state index contributed by atoms with van der Waals surface area (Å²) in [6, 6.07) is 1.36. The lowest BCUT2D eigenvalue weighted by molar-refractivity contribution is 0.0997. The molecule has 0 saturated heterocycles. The highest BCUT2D eigenvalue weighted by Crippen LogP contribution is 2.12. The quantitative estimate of drug-likeness (QED) is 0.708. The molecule has 94 valence electrons. The van der Waals surface area contributed by atoms with Gasteiger partial charge in [-0.15, -0.1) is 0 Å². The minimum atomic E-state index is -0.784. The number of primary amides is 1. The zero-order chi connectivity index (χ0) is 13.0. The Morgan fingerprint density at radius 3 is 2.76 bits per heavy atom. The van der Waals surface area contributed by atoms with Crippen molar-refractivity contribution in [3.8, 4) is 5.88 Å². The third-order valence-corrected chi connectivity index (χ3v) is 2.45. The SMILES string of the molecule is COCCCn1c(O)cc(C)c(C(N)=O)c1=O. The Labute approximate surface area is 98.6 Å². The molecule has 0 aliphatic rings. The van der Waals surface area contributed by atoms with E-state index >= 15 is 0 Å². The van der Waals surface area contributed by atoms with Crippen molar-refractivity contribution in [3.05, 3.63) is 27.5 Å². The fourth-order valence-corrected chi connectivity index (χ4v) is 1.63. The molecule has 1 heterocycles. The molecule has 0 bridgehead atoms. The normalized spacial score (nSPS) is 10.5. The van der Waals surface area contributed by atoms with Gasteiger partial charge in [0.2, 0.25) is 0 Å². The Morgan fingerprint density at radius 2 is 2.24 bits per heavy atom. The lowest BCUT2D eigenvalue weighted by Gasteiger charge is -2.11. The van der Waals surface area contributed by atoms with Crippen LogP contribution in [0.15, 0.2) is 10.9 Å². The zero-order valence-corrected chi connectivity index (χ0v) is 9.90. The third-order valence-electron chi connectivity index (χ3n) is 2.45. The van der Waals surface area contributed by atoms with E-state index in [9.17, 15) is 14.7 Å². The lowest BCUT2D eigenvalue weighted by Crippen LogP contribution is -2.31. The number of ether oxygens (including phenoxy) is 1. The van der Waals surface area contributed by atoms with Crippen molar-refractivity contribution in [3.63, 3.8) is 0 Å². The van der Waals surface area contributed by atoms with Crippen LogP contribution in [-0.4, -0.2) is 29.3 Å². The highest BCUT2D eigenvalue weighted by Gasteiger charge is 2.15. The molecule has 1 aromatic heterocycles. The van der Waals surface area contributed by atoms with E-state index in [2.05, 4.69) is 0 Å². The molecule has 1 amide bonds. The van der Waals surface area contributed by atoms with Crippen molar-refractivity contribution in [1.82, 2.24) is 4.57 Å². The Bertz CT molecular complexity index is 479. The van der Waals surface area contributed by atoms with E-state index in [1.54, 1.807) is 14.0 Å². The highest BCUT2D eigenvalue weighted by atomic mass is 16.5. The van der Waals surface area contributed by atoms with E-state index in [1.807, 2.05) is 0 Å². The van der Waals surface area contributed by atoms with Crippen molar-refractivity contribution in [2.75, 3.05) is 13.7 Å². The van der Waals surface area contributed by atoms with E-state index in [1.165, 1.54) is 6.07 Å². The van der Waals surface area contributed by atoms with Crippen LogP contribution in [0.25, 0.3) is 0 Å². The lowest BCUT2D eigenvalue weighted by atomic mass is 10.1. The third kappa shape index (κ3) is 2.85. The maximum Gasteiger partial charge on any atom is 0.266 e. The van der Waals surface area contributed by atoms with Gasteiger partial charge in [-0.1, -0.05) is 0 Å². The number of nitrogens with two attached hydrogens (primary N) is 1. The number of carbonyl (C=O) groups is 1. The number of carbonyl (C=O) groups excluding carboxylic acids is 1. The molecular weight excluding hydrogens is 224 g/mol. The fourth-order valence-electron chi connectivity index (χ4n) is 1.63. The van der Waals surface area contributed by atoms with Crippen LogP contribution in [0.1, 0.15) is 22.3 Å². The first kappa shape index (κ1) is 13.2. The number of nitrogens with zero attached hydrogens (tertiary/aromatic N) is 1. The summed E-state index contributed by atoms with van der Waals surface area (Å²) in [7, 11) is 1.55. The minimum Gasteiger partial charge on any atom is -0.494 e. The molecule has 0 aliphatic carbocycles. The fraction of sp³-hybridized carbons (Fsp3) is 0.455. The van der Waals surface area contributed by atoms with Crippen molar-refractivity contribution < 1.29 is 14.6 Å². The number of hydrogen-bond donors (Lipinski definition) is 2. The summed E-state index contributed by atoms with van der Waals surface area (Å²) in [5, 5.41) is 9.65. The first-order valence-electron chi connectivity index (χ1n) is 5.21. The van der Waals surface area contributed by atoms with Crippen LogP contribution in [0, 0.1) is 6.92 Å². The van der Waals surface area contributed by atoms with Crippen LogP contribution < -0.4 is 11.3 Å². The van der Waals surface area contributed by atoms with Gasteiger partial charge in [0.1, 0.15) is 5.56 Å². The summed E-state index contributed by atoms with van der Waals surface area (Å²) >= 11 is 0. The molecule has 0 unspecified atom stereocenters. The molecule has 0 atom stereocenters. The van der Waals surface area contributed by atoms with Gasteiger partial charge in [0.25, 0.3) is 11.5 Å². The predicted molar refractivity (Wildman–Crippen MR) is 62.1 cm³/mol. The Morgan fingerprint density at radius 1 is 1.59 bits per heavy atom. The molecule has 0 saturated carbocycles. The molecule has 0 fully saturated rings. The predicted octanol–water partition coefficient (Wildman–Crippen LogP) is -0.00228. The maximum atomic E-state index is 11.9. The zero-order valence-electron chi connectivity index (χ0n) is 9.90. The monoisotopic (exact) mass is 240 g/mol. The second-order valence-corrected chi connectivity index (χ2v) is 3.73. The van der Waals surface area contributed by atoms with Crippen LogP contribution >= 0.6 is 0 Å². The molecule has 0 radical (unpaired) electrons. The van der Waals surface area contributed by atoms with Crippen LogP contribution in [0.4, 0.5) is 0 Å². The molecule has 1 aromatic rings.